The topological polar surface area (TPSA) is 17.1 Å². The lowest BCUT2D eigenvalue weighted by molar-refractivity contribution is -0.117. The maximum absolute atomic E-state index is 10.9. The molecular formula is C9H14O. The summed E-state index contributed by atoms with van der Waals surface area (Å²) >= 11 is 0. The van der Waals surface area contributed by atoms with Crippen LogP contribution in [-0.2, 0) is 4.79 Å². The van der Waals surface area contributed by atoms with E-state index < -0.39 is 0 Å². The van der Waals surface area contributed by atoms with E-state index in [0.29, 0.717) is 0 Å². The van der Waals surface area contributed by atoms with Gasteiger partial charge in [0.1, 0.15) is 0 Å². The first kappa shape index (κ1) is 9.15. The molecule has 0 heterocycles. The van der Waals surface area contributed by atoms with Crippen molar-refractivity contribution in [1.29, 1.82) is 0 Å². The predicted molar refractivity (Wildman–Crippen MR) is 43.8 cm³/mol. The lowest BCUT2D eigenvalue weighted by Crippen LogP contribution is -2.01. The van der Waals surface area contributed by atoms with Crippen molar-refractivity contribution in [3.05, 3.63) is 24.3 Å². The molecule has 0 fully saturated rings. The van der Waals surface area contributed by atoms with E-state index in [4.69, 9.17) is 0 Å². The molecule has 1 nitrogen and oxygen atoms in total. The molecule has 0 saturated carbocycles. The van der Waals surface area contributed by atoms with Crippen molar-refractivity contribution in [2.24, 2.45) is 5.92 Å². The maximum atomic E-state index is 10.9. The van der Waals surface area contributed by atoms with E-state index in [1.165, 1.54) is 0 Å². The van der Waals surface area contributed by atoms with Crippen molar-refractivity contribution in [2.75, 3.05) is 0 Å². The van der Waals surface area contributed by atoms with Crippen molar-refractivity contribution >= 4 is 5.78 Å². The number of hydrogen-bond donors (Lipinski definition) is 0. The van der Waals surface area contributed by atoms with Crippen molar-refractivity contribution in [1.82, 2.24) is 0 Å². The van der Waals surface area contributed by atoms with Crippen molar-refractivity contribution < 1.29 is 4.79 Å². The number of ketones is 1. The third kappa shape index (κ3) is 4.07. The molecule has 10 heavy (non-hydrogen) atoms. The summed E-state index contributed by atoms with van der Waals surface area (Å²) in [6, 6.07) is 0. The molecule has 56 valence electrons. The molecule has 0 amide bonds. The summed E-state index contributed by atoms with van der Waals surface area (Å²) in [6.07, 6.45) is 3.31. The highest BCUT2D eigenvalue weighted by molar-refractivity contribution is 5.91. The molecule has 0 bridgehead atoms. The zero-order valence-corrected chi connectivity index (χ0v) is 6.85. The molecule has 0 aliphatic carbocycles. The van der Waals surface area contributed by atoms with Crippen LogP contribution >= 0.6 is 0 Å². The van der Waals surface area contributed by atoms with Gasteiger partial charge in [-0.15, -0.1) is 0 Å². The fourth-order valence-electron chi connectivity index (χ4n) is 0.417. The number of allylic oxidation sites excluding steroid dienone is 3. The van der Waals surface area contributed by atoms with Gasteiger partial charge in [0.15, 0.2) is 5.78 Å². The highest BCUT2D eigenvalue weighted by Gasteiger charge is 2.00. The monoisotopic (exact) mass is 138 g/mol. The SMILES string of the molecule is C=C(C)/C=C/C(=O)C(C)C. The fraction of sp³-hybridized carbons (Fsp3) is 0.444. The van der Waals surface area contributed by atoms with E-state index in [-0.39, 0.29) is 11.7 Å². The largest absolute Gasteiger partial charge is 0.295 e. The minimum atomic E-state index is 0.0931. The highest BCUT2D eigenvalue weighted by Crippen LogP contribution is 1.97. The Morgan fingerprint density at radius 1 is 1.40 bits per heavy atom. The first-order valence-corrected chi connectivity index (χ1v) is 3.41. The van der Waals surface area contributed by atoms with E-state index in [1.54, 1.807) is 12.2 Å². The van der Waals surface area contributed by atoms with Gasteiger partial charge >= 0.3 is 0 Å². The van der Waals surface area contributed by atoms with Crippen LogP contribution < -0.4 is 0 Å². The molecule has 0 aromatic heterocycles. The molecule has 1 heteroatoms. The maximum Gasteiger partial charge on any atom is 0.158 e. The van der Waals surface area contributed by atoms with Gasteiger partial charge in [-0.05, 0) is 13.0 Å². The molecular weight excluding hydrogens is 124 g/mol. The van der Waals surface area contributed by atoms with Crippen LogP contribution in [0.5, 0.6) is 0 Å². The number of carbonyl (C=O) groups is 1. The fourth-order valence-corrected chi connectivity index (χ4v) is 0.417. The number of hydrogen-bond acceptors (Lipinski definition) is 1. The average Bonchev–Trinajstić information content (AvgIpc) is 1.82. The standard InChI is InChI=1S/C9H14O/c1-7(2)5-6-9(10)8(3)4/h5-6,8H,1H2,2-4H3/b6-5+. The van der Waals surface area contributed by atoms with E-state index >= 15 is 0 Å². The summed E-state index contributed by atoms with van der Waals surface area (Å²) in [5.74, 6) is 0.249. The Morgan fingerprint density at radius 2 is 1.90 bits per heavy atom. The Balaban J connectivity index is 3.90. The van der Waals surface area contributed by atoms with Crippen molar-refractivity contribution in [3.8, 4) is 0 Å². The minimum Gasteiger partial charge on any atom is -0.295 e. The second kappa shape index (κ2) is 4.04. The van der Waals surface area contributed by atoms with Gasteiger partial charge in [0.2, 0.25) is 0 Å². The molecule has 0 aromatic rings. The summed E-state index contributed by atoms with van der Waals surface area (Å²) in [5.41, 5.74) is 0.911. The van der Waals surface area contributed by atoms with Crippen molar-refractivity contribution in [2.45, 2.75) is 20.8 Å². The zero-order valence-electron chi connectivity index (χ0n) is 6.85. The van der Waals surface area contributed by atoms with Gasteiger partial charge < -0.3 is 0 Å². The van der Waals surface area contributed by atoms with E-state index in [0.717, 1.165) is 5.57 Å². The average molecular weight is 138 g/mol. The Kier molecular flexibility index (Phi) is 3.70. The van der Waals surface area contributed by atoms with E-state index in [9.17, 15) is 4.79 Å². The lowest BCUT2D eigenvalue weighted by atomic mass is 10.1. The zero-order chi connectivity index (χ0) is 8.15. The Labute approximate surface area is 62.4 Å². The predicted octanol–water partition coefficient (Wildman–Crippen LogP) is 2.34. The van der Waals surface area contributed by atoms with Gasteiger partial charge in [0, 0.05) is 5.92 Å². The molecule has 0 aromatic carbocycles. The van der Waals surface area contributed by atoms with Gasteiger partial charge in [0.25, 0.3) is 0 Å². The molecule has 0 rings (SSSR count). The smallest absolute Gasteiger partial charge is 0.158 e. The first-order valence-electron chi connectivity index (χ1n) is 3.41. The van der Waals surface area contributed by atoms with E-state index in [1.807, 2.05) is 20.8 Å². The van der Waals surface area contributed by atoms with Gasteiger partial charge in [0.05, 0.1) is 0 Å². The molecule has 0 N–H and O–H groups in total. The molecule has 0 radical (unpaired) electrons. The Bertz CT molecular complexity index is 164. The van der Waals surface area contributed by atoms with Gasteiger partial charge in [-0.3, -0.25) is 4.79 Å². The van der Waals surface area contributed by atoms with Crippen molar-refractivity contribution in [3.63, 3.8) is 0 Å². The lowest BCUT2D eigenvalue weighted by Gasteiger charge is -1.95. The molecule has 0 aliphatic heterocycles. The second-order valence-electron chi connectivity index (χ2n) is 2.74. The second-order valence-corrected chi connectivity index (χ2v) is 2.74. The summed E-state index contributed by atoms with van der Waals surface area (Å²) < 4.78 is 0. The van der Waals surface area contributed by atoms with Crippen LogP contribution in [0.4, 0.5) is 0 Å². The van der Waals surface area contributed by atoms with Crippen LogP contribution in [0.1, 0.15) is 20.8 Å². The molecule has 0 aliphatic rings. The van der Waals surface area contributed by atoms with E-state index in [2.05, 4.69) is 6.58 Å². The quantitative estimate of drug-likeness (QED) is 0.432. The van der Waals surface area contributed by atoms with Crippen LogP contribution in [0.2, 0.25) is 0 Å². The minimum absolute atomic E-state index is 0.0931. The Morgan fingerprint density at radius 3 is 2.20 bits per heavy atom. The third-order valence-electron chi connectivity index (χ3n) is 1.10. The molecule has 0 unspecified atom stereocenters. The van der Waals surface area contributed by atoms with Gasteiger partial charge in [-0.2, -0.15) is 0 Å². The normalized spacial score (nSPS) is 10.8. The summed E-state index contributed by atoms with van der Waals surface area (Å²) in [4.78, 5) is 10.9. The van der Waals surface area contributed by atoms with Gasteiger partial charge in [-0.1, -0.05) is 32.1 Å². The highest BCUT2D eigenvalue weighted by atomic mass is 16.1. The molecule has 0 spiro atoms. The summed E-state index contributed by atoms with van der Waals surface area (Å²) in [5, 5.41) is 0. The Hall–Kier alpha value is -0.850. The van der Waals surface area contributed by atoms with Crippen LogP contribution in [0.25, 0.3) is 0 Å². The molecule has 0 atom stereocenters. The molecule has 0 saturated heterocycles. The first-order chi connectivity index (χ1) is 4.54. The third-order valence-corrected chi connectivity index (χ3v) is 1.10. The number of carbonyl (C=O) groups excluding carboxylic acids is 1. The van der Waals surface area contributed by atoms with Crippen LogP contribution in [0.15, 0.2) is 24.3 Å². The number of rotatable bonds is 3. The van der Waals surface area contributed by atoms with Crippen LogP contribution in [0.3, 0.4) is 0 Å². The summed E-state index contributed by atoms with van der Waals surface area (Å²) in [7, 11) is 0. The summed E-state index contributed by atoms with van der Waals surface area (Å²) in [6.45, 7) is 9.27. The van der Waals surface area contributed by atoms with Gasteiger partial charge in [-0.25, -0.2) is 0 Å². The van der Waals surface area contributed by atoms with Crippen LogP contribution in [0, 0.1) is 5.92 Å². The van der Waals surface area contributed by atoms with Crippen LogP contribution in [-0.4, -0.2) is 5.78 Å².